The van der Waals surface area contributed by atoms with Crippen molar-refractivity contribution in [2.24, 2.45) is 5.92 Å². The Morgan fingerprint density at radius 1 is 1.38 bits per heavy atom. The summed E-state index contributed by atoms with van der Waals surface area (Å²) in [4.78, 5) is 10.8. The number of hydrogen-bond acceptors (Lipinski definition) is 2. The Morgan fingerprint density at radius 3 is 2.62 bits per heavy atom. The maximum absolute atomic E-state index is 10.8. The minimum Gasteiger partial charge on any atom is -0.478 e. The van der Waals surface area contributed by atoms with E-state index in [1.54, 1.807) is 18.2 Å². The van der Waals surface area contributed by atoms with Crippen molar-refractivity contribution in [1.82, 2.24) is 0 Å². The highest BCUT2D eigenvalue weighted by Gasteiger charge is 2.07. The van der Waals surface area contributed by atoms with Gasteiger partial charge in [0.15, 0.2) is 0 Å². The number of carbonyl (C=O) groups is 1. The molecule has 0 fully saturated rings. The zero-order chi connectivity index (χ0) is 12.1. The second-order valence-corrected chi connectivity index (χ2v) is 4.56. The summed E-state index contributed by atoms with van der Waals surface area (Å²) in [5, 5.41) is 12.2. The van der Waals surface area contributed by atoms with Crippen LogP contribution in [0.5, 0.6) is 0 Å². The van der Waals surface area contributed by atoms with Crippen LogP contribution in [0.3, 0.4) is 0 Å². The fraction of sp³-hybridized carbons (Fsp3) is 0.462. The monoisotopic (exact) mass is 221 g/mol. The lowest BCUT2D eigenvalue weighted by Gasteiger charge is -2.17. The van der Waals surface area contributed by atoms with E-state index in [2.05, 4.69) is 26.1 Å². The maximum Gasteiger partial charge on any atom is 0.335 e. The number of carboxylic acids is 1. The molecule has 0 bridgehead atoms. The van der Waals surface area contributed by atoms with Gasteiger partial charge in [0.1, 0.15) is 0 Å². The van der Waals surface area contributed by atoms with Crippen molar-refractivity contribution in [2.45, 2.75) is 33.2 Å². The fourth-order valence-corrected chi connectivity index (χ4v) is 1.79. The Kier molecular flexibility index (Phi) is 4.35. The van der Waals surface area contributed by atoms with Crippen molar-refractivity contribution in [1.29, 1.82) is 0 Å². The van der Waals surface area contributed by atoms with E-state index in [-0.39, 0.29) is 0 Å². The lowest BCUT2D eigenvalue weighted by Crippen LogP contribution is -2.17. The molecule has 0 aliphatic carbocycles. The predicted octanol–water partition coefficient (Wildman–Crippen LogP) is 3.23. The highest BCUT2D eigenvalue weighted by Crippen LogP contribution is 2.14. The molecule has 1 rings (SSSR count). The molecular formula is C13H19NO2. The third-order valence-corrected chi connectivity index (χ3v) is 2.35. The Morgan fingerprint density at radius 2 is 2.06 bits per heavy atom. The zero-order valence-electron chi connectivity index (χ0n) is 10.0. The summed E-state index contributed by atoms with van der Waals surface area (Å²) in [6, 6.07) is 7.26. The van der Waals surface area contributed by atoms with Crippen LogP contribution in [0, 0.1) is 5.92 Å². The van der Waals surface area contributed by atoms with Gasteiger partial charge in [0.05, 0.1) is 5.56 Å². The molecule has 16 heavy (non-hydrogen) atoms. The van der Waals surface area contributed by atoms with Crippen LogP contribution in [0.4, 0.5) is 5.69 Å². The van der Waals surface area contributed by atoms with Gasteiger partial charge in [0.2, 0.25) is 0 Å². The lowest BCUT2D eigenvalue weighted by molar-refractivity contribution is 0.0697. The van der Waals surface area contributed by atoms with Crippen molar-refractivity contribution in [3.05, 3.63) is 29.8 Å². The maximum atomic E-state index is 10.8. The lowest BCUT2D eigenvalue weighted by atomic mass is 10.0. The summed E-state index contributed by atoms with van der Waals surface area (Å²) in [5.74, 6) is -0.259. The summed E-state index contributed by atoms with van der Waals surface area (Å²) in [7, 11) is 0. The van der Waals surface area contributed by atoms with Gasteiger partial charge < -0.3 is 10.4 Å². The second kappa shape index (κ2) is 5.54. The molecule has 0 amide bonds. The van der Waals surface area contributed by atoms with Crippen LogP contribution in [0.1, 0.15) is 37.6 Å². The first-order valence-corrected chi connectivity index (χ1v) is 5.59. The number of aromatic carboxylic acids is 1. The molecule has 1 aromatic rings. The molecule has 3 nitrogen and oxygen atoms in total. The summed E-state index contributed by atoms with van der Waals surface area (Å²) in [6.07, 6.45) is 1.07. The fourth-order valence-electron chi connectivity index (χ4n) is 1.79. The van der Waals surface area contributed by atoms with Gasteiger partial charge in [0, 0.05) is 11.7 Å². The predicted molar refractivity (Wildman–Crippen MR) is 65.9 cm³/mol. The van der Waals surface area contributed by atoms with Crippen molar-refractivity contribution in [2.75, 3.05) is 5.32 Å². The van der Waals surface area contributed by atoms with Crippen LogP contribution in [0.25, 0.3) is 0 Å². The summed E-state index contributed by atoms with van der Waals surface area (Å²) < 4.78 is 0. The minimum absolute atomic E-state index is 0.321. The molecule has 1 aromatic carbocycles. The van der Waals surface area contributed by atoms with Crippen LogP contribution in [0.2, 0.25) is 0 Å². The molecular weight excluding hydrogens is 202 g/mol. The molecule has 0 aliphatic rings. The first-order valence-electron chi connectivity index (χ1n) is 5.59. The number of nitrogens with one attached hydrogen (secondary N) is 1. The van der Waals surface area contributed by atoms with Crippen LogP contribution >= 0.6 is 0 Å². The van der Waals surface area contributed by atoms with Gasteiger partial charge in [0.25, 0.3) is 0 Å². The van der Waals surface area contributed by atoms with Crippen molar-refractivity contribution in [3.8, 4) is 0 Å². The molecule has 1 unspecified atom stereocenters. The molecule has 1 atom stereocenters. The Hall–Kier alpha value is -1.51. The topological polar surface area (TPSA) is 49.3 Å². The minimum atomic E-state index is -0.889. The van der Waals surface area contributed by atoms with Crippen molar-refractivity contribution in [3.63, 3.8) is 0 Å². The first kappa shape index (κ1) is 12.6. The first-order chi connectivity index (χ1) is 7.49. The molecule has 88 valence electrons. The SMILES string of the molecule is CC(C)CC(C)Nc1cccc(C(=O)O)c1. The Balaban J connectivity index is 2.66. The molecule has 0 saturated carbocycles. The van der Waals surface area contributed by atoms with E-state index in [1.807, 2.05) is 6.07 Å². The zero-order valence-corrected chi connectivity index (χ0v) is 10.0. The van der Waals surface area contributed by atoms with Gasteiger partial charge >= 0.3 is 5.97 Å². The van der Waals surface area contributed by atoms with Crippen LogP contribution < -0.4 is 5.32 Å². The molecule has 3 heteroatoms. The van der Waals surface area contributed by atoms with Crippen molar-refractivity contribution < 1.29 is 9.90 Å². The largest absolute Gasteiger partial charge is 0.478 e. The van der Waals surface area contributed by atoms with E-state index in [1.165, 1.54) is 0 Å². The molecule has 2 N–H and O–H groups in total. The average Bonchev–Trinajstić information content (AvgIpc) is 2.16. The van der Waals surface area contributed by atoms with E-state index in [0.717, 1.165) is 12.1 Å². The third kappa shape index (κ3) is 3.93. The normalized spacial score (nSPS) is 12.5. The van der Waals surface area contributed by atoms with Gasteiger partial charge in [-0.2, -0.15) is 0 Å². The number of anilines is 1. The quantitative estimate of drug-likeness (QED) is 0.802. The highest BCUT2D eigenvalue weighted by molar-refractivity contribution is 5.88. The second-order valence-electron chi connectivity index (χ2n) is 4.56. The smallest absolute Gasteiger partial charge is 0.335 e. The molecule has 0 aliphatic heterocycles. The standard InChI is InChI=1S/C13H19NO2/c1-9(2)7-10(3)14-12-6-4-5-11(8-12)13(15)16/h4-6,8-10,14H,7H2,1-3H3,(H,15,16). The van der Waals surface area contributed by atoms with Gasteiger partial charge in [-0.05, 0) is 37.5 Å². The average molecular weight is 221 g/mol. The summed E-state index contributed by atoms with van der Waals surface area (Å²) in [5.41, 5.74) is 1.19. The van der Waals surface area contributed by atoms with Gasteiger partial charge in [-0.1, -0.05) is 19.9 Å². The number of rotatable bonds is 5. The Bertz CT molecular complexity index is 361. The van der Waals surface area contributed by atoms with E-state index in [0.29, 0.717) is 17.5 Å². The van der Waals surface area contributed by atoms with E-state index < -0.39 is 5.97 Å². The Labute approximate surface area is 96.5 Å². The van der Waals surface area contributed by atoms with Crippen LogP contribution in [-0.2, 0) is 0 Å². The summed E-state index contributed by atoms with van der Waals surface area (Å²) in [6.45, 7) is 6.45. The summed E-state index contributed by atoms with van der Waals surface area (Å²) >= 11 is 0. The van der Waals surface area contributed by atoms with Gasteiger partial charge in [-0.3, -0.25) is 0 Å². The van der Waals surface area contributed by atoms with Crippen LogP contribution in [0.15, 0.2) is 24.3 Å². The number of carboxylic acid groups (broad SMARTS) is 1. The van der Waals surface area contributed by atoms with Crippen LogP contribution in [-0.4, -0.2) is 17.1 Å². The molecule has 0 aromatic heterocycles. The van der Waals surface area contributed by atoms with E-state index in [4.69, 9.17) is 5.11 Å². The third-order valence-electron chi connectivity index (χ3n) is 2.35. The molecule has 0 heterocycles. The molecule has 0 radical (unpaired) electrons. The van der Waals surface area contributed by atoms with E-state index >= 15 is 0 Å². The number of hydrogen-bond donors (Lipinski definition) is 2. The highest BCUT2D eigenvalue weighted by atomic mass is 16.4. The van der Waals surface area contributed by atoms with Crippen molar-refractivity contribution >= 4 is 11.7 Å². The van der Waals surface area contributed by atoms with E-state index in [9.17, 15) is 4.79 Å². The molecule has 0 saturated heterocycles. The van der Waals surface area contributed by atoms with Gasteiger partial charge in [-0.25, -0.2) is 4.79 Å². The van der Waals surface area contributed by atoms with Gasteiger partial charge in [-0.15, -0.1) is 0 Å². The molecule has 0 spiro atoms. The number of benzene rings is 1.